The highest BCUT2D eigenvalue weighted by molar-refractivity contribution is 6.30. The van der Waals surface area contributed by atoms with Gasteiger partial charge in [-0.2, -0.15) is 0 Å². The van der Waals surface area contributed by atoms with E-state index in [4.69, 9.17) is 25.9 Å². The predicted octanol–water partition coefficient (Wildman–Crippen LogP) is 2.21. The lowest BCUT2D eigenvalue weighted by Crippen LogP contribution is -2.47. The van der Waals surface area contributed by atoms with E-state index in [1.54, 1.807) is 18.2 Å². The minimum absolute atomic E-state index is 0.00609. The van der Waals surface area contributed by atoms with E-state index in [2.05, 4.69) is 9.88 Å². The van der Waals surface area contributed by atoms with Gasteiger partial charge in [-0.3, -0.25) is 14.6 Å². The largest absolute Gasteiger partial charge is 0.480 e. The standard InChI is InChI=1S/C18H22ClN3O4/c1-21(11-17(23)24)9-16-10-22(5-6-25-16)8-15-12-26-18(20-15)13-3-2-4-14(19)7-13/h2-4,7,12,16H,5-6,8-11H2,1H3,(H,23,24). The number of carboxylic acid groups (broad SMARTS) is 1. The molecule has 1 aromatic heterocycles. The maximum Gasteiger partial charge on any atom is 0.317 e. The van der Waals surface area contributed by atoms with Gasteiger partial charge in [0.05, 0.1) is 24.9 Å². The number of morpholine rings is 1. The third-order valence-corrected chi connectivity index (χ3v) is 4.39. The number of likely N-dealkylation sites (N-methyl/N-ethyl adjacent to an activating group) is 1. The van der Waals surface area contributed by atoms with Crippen molar-refractivity contribution >= 4 is 17.6 Å². The minimum atomic E-state index is -0.837. The van der Waals surface area contributed by atoms with Crippen molar-refractivity contribution in [2.24, 2.45) is 0 Å². The normalized spacial score (nSPS) is 18.3. The summed E-state index contributed by atoms with van der Waals surface area (Å²) in [6.07, 6.45) is 1.64. The topological polar surface area (TPSA) is 79.0 Å². The van der Waals surface area contributed by atoms with Crippen LogP contribution in [0.15, 0.2) is 34.9 Å². The number of hydrogen-bond acceptors (Lipinski definition) is 6. The lowest BCUT2D eigenvalue weighted by Gasteiger charge is -2.34. The van der Waals surface area contributed by atoms with Gasteiger partial charge in [-0.15, -0.1) is 0 Å². The molecule has 1 saturated heterocycles. The lowest BCUT2D eigenvalue weighted by atomic mass is 10.2. The molecule has 8 heteroatoms. The number of benzene rings is 1. The number of halogens is 1. The molecule has 0 spiro atoms. The molecule has 1 aliphatic rings. The van der Waals surface area contributed by atoms with Gasteiger partial charge in [0.2, 0.25) is 5.89 Å². The van der Waals surface area contributed by atoms with Crippen molar-refractivity contribution in [3.63, 3.8) is 0 Å². The van der Waals surface area contributed by atoms with Gasteiger partial charge in [-0.05, 0) is 25.2 Å². The van der Waals surface area contributed by atoms with Crippen molar-refractivity contribution in [3.8, 4) is 11.5 Å². The first-order valence-electron chi connectivity index (χ1n) is 8.44. The molecule has 0 amide bonds. The van der Waals surface area contributed by atoms with E-state index in [0.717, 1.165) is 24.3 Å². The molecule has 1 unspecified atom stereocenters. The van der Waals surface area contributed by atoms with Crippen molar-refractivity contribution in [2.45, 2.75) is 12.6 Å². The van der Waals surface area contributed by atoms with Gasteiger partial charge in [0.15, 0.2) is 0 Å². The summed E-state index contributed by atoms with van der Waals surface area (Å²) in [6, 6.07) is 7.40. The molecule has 3 rings (SSSR count). The number of hydrogen-bond donors (Lipinski definition) is 1. The Morgan fingerprint density at radius 3 is 3.12 bits per heavy atom. The Labute approximate surface area is 157 Å². The van der Waals surface area contributed by atoms with Crippen molar-refractivity contribution < 1.29 is 19.1 Å². The molecule has 1 N–H and O–H groups in total. The first kappa shape index (κ1) is 18.8. The SMILES string of the molecule is CN(CC(=O)O)CC1CN(Cc2coc(-c3cccc(Cl)c3)n2)CCO1. The summed E-state index contributed by atoms with van der Waals surface area (Å²) in [4.78, 5) is 19.3. The van der Waals surface area contributed by atoms with Gasteiger partial charge < -0.3 is 14.3 Å². The summed E-state index contributed by atoms with van der Waals surface area (Å²) in [5.74, 6) is -0.287. The number of oxazole rings is 1. The second kappa shape index (κ2) is 8.64. The first-order valence-corrected chi connectivity index (χ1v) is 8.82. The maximum absolute atomic E-state index is 10.8. The first-order chi connectivity index (χ1) is 12.5. The van der Waals surface area contributed by atoms with Crippen LogP contribution in [0.5, 0.6) is 0 Å². The Balaban J connectivity index is 1.56. The molecule has 140 valence electrons. The van der Waals surface area contributed by atoms with Gasteiger partial charge >= 0.3 is 5.97 Å². The van der Waals surface area contributed by atoms with Crippen LogP contribution < -0.4 is 0 Å². The summed E-state index contributed by atoms with van der Waals surface area (Å²) in [5.41, 5.74) is 1.69. The smallest absolute Gasteiger partial charge is 0.317 e. The number of carbonyl (C=O) groups is 1. The van der Waals surface area contributed by atoms with Gasteiger partial charge in [0, 0.05) is 36.8 Å². The predicted molar refractivity (Wildman–Crippen MR) is 97.1 cm³/mol. The van der Waals surface area contributed by atoms with Gasteiger partial charge in [0.1, 0.15) is 6.26 Å². The van der Waals surface area contributed by atoms with Crippen LogP contribution in [0.1, 0.15) is 5.69 Å². The van der Waals surface area contributed by atoms with E-state index in [0.29, 0.717) is 30.6 Å². The summed E-state index contributed by atoms with van der Waals surface area (Å²) in [7, 11) is 1.78. The summed E-state index contributed by atoms with van der Waals surface area (Å²) < 4.78 is 11.3. The fourth-order valence-corrected chi connectivity index (χ4v) is 3.23. The summed E-state index contributed by atoms with van der Waals surface area (Å²) in [6.45, 7) is 3.39. The average Bonchev–Trinajstić information content (AvgIpc) is 3.03. The van der Waals surface area contributed by atoms with Gasteiger partial charge in [-0.1, -0.05) is 17.7 Å². The molecular weight excluding hydrogens is 358 g/mol. The van der Waals surface area contributed by atoms with Crippen LogP contribution in [0.3, 0.4) is 0 Å². The Bertz CT molecular complexity index is 752. The van der Waals surface area contributed by atoms with E-state index >= 15 is 0 Å². The Morgan fingerprint density at radius 1 is 1.50 bits per heavy atom. The molecule has 1 aliphatic heterocycles. The van der Waals surface area contributed by atoms with E-state index in [1.165, 1.54) is 0 Å². The molecule has 1 atom stereocenters. The van der Waals surface area contributed by atoms with Crippen LogP contribution >= 0.6 is 11.6 Å². The molecule has 0 saturated carbocycles. The highest BCUT2D eigenvalue weighted by Crippen LogP contribution is 2.22. The van der Waals surface area contributed by atoms with E-state index in [9.17, 15) is 4.79 Å². The number of aromatic nitrogens is 1. The van der Waals surface area contributed by atoms with E-state index in [1.807, 2.05) is 24.3 Å². The third kappa shape index (κ3) is 5.28. The van der Waals surface area contributed by atoms with Gasteiger partial charge in [-0.25, -0.2) is 4.98 Å². The average molecular weight is 380 g/mol. The van der Waals surface area contributed by atoms with Crippen LogP contribution in [0.4, 0.5) is 0 Å². The van der Waals surface area contributed by atoms with Crippen molar-refractivity contribution in [3.05, 3.63) is 41.2 Å². The van der Waals surface area contributed by atoms with Crippen molar-refractivity contribution in [1.29, 1.82) is 0 Å². The fraction of sp³-hybridized carbons (Fsp3) is 0.444. The molecule has 0 radical (unpaired) electrons. The highest BCUT2D eigenvalue weighted by atomic mass is 35.5. The Morgan fingerprint density at radius 2 is 2.35 bits per heavy atom. The zero-order valence-electron chi connectivity index (χ0n) is 14.6. The zero-order valence-corrected chi connectivity index (χ0v) is 15.4. The minimum Gasteiger partial charge on any atom is -0.480 e. The van der Waals surface area contributed by atoms with Crippen molar-refractivity contribution in [1.82, 2.24) is 14.8 Å². The van der Waals surface area contributed by atoms with Crippen molar-refractivity contribution in [2.75, 3.05) is 39.8 Å². The van der Waals surface area contributed by atoms with E-state index in [-0.39, 0.29) is 12.6 Å². The highest BCUT2D eigenvalue weighted by Gasteiger charge is 2.23. The van der Waals surface area contributed by atoms with E-state index < -0.39 is 5.97 Å². The second-order valence-electron chi connectivity index (χ2n) is 6.47. The summed E-state index contributed by atoms with van der Waals surface area (Å²) in [5, 5.41) is 9.50. The lowest BCUT2D eigenvalue weighted by molar-refractivity contribution is -0.138. The Kier molecular flexibility index (Phi) is 6.26. The van der Waals surface area contributed by atoms with Crippen LogP contribution in [0.2, 0.25) is 5.02 Å². The number of carboxylic acids is 1. The monoisotopic (exact) mass is 379 g/mol. The molecule has 1 fully saturated rings. The maximum atomic E-state index is 10.8. The number of ether oxygens (including phenoxy) is 1. The number of nitrogens with zero attached hydrogens (tertiary/aromatic N) is 3. The molecule has 26 heavy (non-hydrogen) atoms. The molecular formula is C18H22ClN3O4. The third-order valence-electron chi connectivity index (χ3n) is 4.15. The molecule has 0 bridgehead atoms. The molecule has 0 aliphatic carbocycles. The quantitative estimate of drug-likeness (QED) is 0.790. The van der Waals surface area contributed by atoms with Crippen LogP contribution in [0, 0.1) is 0 Å². The molecule has 2 heterocycles. The van der Waals surface area contributed by atoms with Crippen LogP contribution in [-0.2, 0) is 16.1 Å². The Hall–Kier alpha value is -1.93. The number of aliphatic carboxylic acids is 1. The second-order valence-corrected chi connectivity index (χ2v) is 6.91. The fourth-order valence-electron chi connectivity index (χ4n) is 3.04. The summed E-state index contributed by atoms with van der Waals surface area (Å²) >= 11 is 6.01. The van der Waals surface area contributed by atoms with Gasteiger partial charge in [0.25, 0.3) is 0 Å². The molecule has 7 nitrogen and oxygen atoms in total. The van der Waals surface area contributed by atoms with Crippen LogP contribution in [-0.4, -0.2) is 71.8 Å². The molecule has 1 aromatic carbocycles. The number of rotatable bonds is 7. The zero-order chi connectivity index (χ0) is 18.5. The van der Waals surface area contributed by atoms with Crippen LogP contribution in [0.25, 0.3) is 11.5 Å². The molecule has 2 aromatic rings.